The van der Waals surface area contributed by atoms with E-state index in [0.29, 0.717) is 0 Å². The molecule has 8 aliphatic rings. The molecule has 514 valence electrons. The quantitative estimate of drug-likeness (QED) is 0.0479. The van der Waals surface area contributed by atoms with Crippen molar-refractivity contribution in [3.05, 3.63) is 0 Å². The first-order chi connectivity index (χ1) is 41.8. The molecule has 0 bridgehead atoms. The number of ether oxygens (including phenoxy) is 15. The molecule has 8 heterocycles. The second kappa shape index (κ2) is 31.3. The third-order valence-corrected chi connectivity index (χ3v) is 16.5. The Morgan fingerprint density at radius 3 is 0.614 bits per heavy atom. The summed E-state index contributed by atoms with van der Waals surface area (Å²) in [5.74, 6) is 0. The van der Waals surface area contributed by atoms with Crippen LogP contribution in [0.2, 0.25) is 0 Å². The van der Waals surface area contributed by atoms with Crippen LogP contribution in [0.5, 0.6) is 0 Å². The molecule has 0 aromatic heterocycles. The maximum absolute atomic E-state index is 11.4. The maximum Gasteiger partial charge on any atom is 0.187 e. The minimum Gasteiger partial charge on any atom is -0.394 e. The Bertz CT molecular complexity index is 2090. The molecule has 39 atom stereocenters. The molecule has 8 aliphatic heterocycles. The minimum atomic E-state index is -2.25. The number of hydrogen-bond acceptors (Lipinski definition) is 40. The Morgan fingerprint density at radius 2 is 0.409 bits per heavy atom. The molecule has 8 rings (SSSR count). The Labute approximate surface area is 496 Å². The first-order valence-electron chi connectivity index (χ1n) is 28.1. The van der Waals surface area contributed by atoms with Gasteiger partial charge in [0.2, 0.25) is 0 Å². The minimum absolute atomic E-state index is 0.181. The van der Waals surface area contributed by atoms with Crippen LogP contribution >= 0.6 is 0 Å². The summed E-state index contributed by atoms with van der Waals surface area (Å²) in [5, 5.41) is 267. The summed E-state index contributed by atoms with van der Waals surface area (Å²) in [6.07, 6.45) is -74.8. The van der Waals surface area contributed by atoms with Crippen molar-refractivity contribution in [2.24, 2.45) is 0 Å². The van der Waals surface area contributed by atoms with E-state index < -0.39 is 292 Å². The summed E-state index contributed by atoms with van der Waals surface area (Å²) < 4.78 is 83.7. The lowest BCUT2D eigenvalue weighted by Gasteiger charge is -2.50. The van der Waals surface area contributed by atoms with Crippen LogP contribution in [0, 0.1) is 0 Å². The Hall–Kier alpha value is -1.60. The average Bonchev–Trinajstić information content (AvgIpc) is 1.72. The van der Waals surface area contributed by atoms with E-state index in [-0.39, 0.29) is 6.42 Å². The van der Waals surface area contributed by atoms with Gasteiger partial charge in [0.1, 0.15) is 177 Å². The summed E-state index contributed by atoms with van der Waals surface area (Å²) in [6, 6.07) is 0. The van der Waals surface area contributed by atoms with Crippen LogP contribution in [0.1, 0.15) is 6.42 Å². The zero-order valence-electron chi connectivity index (χ0n) is 46.2. The first kappa shape index (κ1) is 72.2. The molecular formula is C48H82O40. The van der Waals surface area contributed by atoms with Gasteiger partial charge in [-0.1, -0.05) is 0 Å². The molecule has 8 fully saturated rings. The SMILES string of the molecule is OC[C@@H]1C[C@H](O)C(O)C(O[C@@H]2[C@H](O)[C@@H](O)C(O[C@H]3[C@H](O)[C@@H](O)C(O[C@H]4[C@H](O)[C@@H](O)C(O[C@H]5[C@H](O)C(O)C(O[C@@H]6[C@H](O)[C@@H](O)C(O[C@H]7[C@@H](O)[C@@H](O)[C@@H](O[C@H]8[C@H](O)C(O)C(O)O[C@@H]8CO)O[C@@H]7CO)O[C@@H]6CO)O[C@@H]5CO)O[C@@H]4CO)O[C@@H]3CO)O[C@@H]2CO)O1. The molecule has 0 aliphatic carbocycles. The molecule has 25 N–H and O–H groups in total. The van der Waals surface area contributed by atoms with Gasteiger partial charge in [-0.25, -0.2) is 0 Å². The predicted molar refractivity (Wildman–Crippen MR) is 263 cm³/mol. The van der Waals surface area contributed by atoms with Gasteiger partial charge in [0.25, 0.3) is 0 Å². The van der Waals surface area contributed by atoms with E-state index in [1.54, 1.807) is 0 Å². The topological polar surface area (TPSA) is 644 Å². The summed E-state index contributed by atoms with van der Waals surface area (Å²) in [5.41, 5.74) is 0. The predicted octanol–water partition coefficient (Wildman–Crippen LogP) is -17.4. The lowest BCUT2D eigenvalue weighted by atomic mass is 9.95. The second-order valence-corrected chi connectivity index (χ2v) is 22.3. The molecule has 8 saturated heterocycles. The number of aliphatic hydroxyl groups is 25. The highest BCUT2D eigenvalue weighted by atomic mass is 16.8. The second-order valence-electron chi connectivity index (χ2n) is 22.3. The van der Waals surface area contributed by atoms with Crippen molar-refractivity contribution in [2.45, 2.75) is 246 Å². The Balaban J connectivity index is 0.850. The third-order valence-electron chi connectivity index (χ3n) is 16.5. The molecule has 40 nitrogen and oxygen atoms in total. The fourth-order valence-corrected chi connectivity index (χ4v) is 11.5. The first-order valence-corrected chi connectivity index (χ1v) is 28.1. The van der Waals surface area contributed by atoms with Crippen LogP contribution < -0.4 is 0 Å². The Kier molecular flexibility index (Phi) is 25.7. The summed E-state index contributed by atoms with van der Waals surface area (Å²) >= 11 is 0. The lowest BCUT2D eigenvalue weighted by molar-refractivity contribution is -0.399. The number of aliphatic hydroxyl groups excluding tert-OH is 25. The average molecular weight is 1300 g/mol. The zero-order chi connectivity index (χ0) is 64.5. The monoisotopic (exact) mass is 1300 g/mol. The molecule has 0 aromatic carbocycles. The van der Waals surface area contributed by atoms with Gasteiger partial charge in [-0.3, -0.25) is 0 Å². The fourth-order valence-electron chi connectivity index (χ4n) is 11.5. The van der Waals surface area contributed by atoms with Crippen LogP contribution in [0.4, 0.5) is 0 Å². The highest BCUT2D eigenvalue weighted by molar-refractivity contribution is 5.01. The summed E-state index contributed by atoms with van der Waals surface area (Å²) in [4.78, 5) is 0. The summed E-state index contributed by atoms with van der Waals surface area (Å²) in [6.45, 7) is -7.70. The molecule has 0 aromatic rings. The lowest BCUT2D eigenvalue weighted by Crippen LogP contribution is -2.68. The van der Waals surface area contributed by atoms with Crippen LogP contribution in [0.25, 0.3) is 0 Å². The molecular weight excluding hydrogens is 1220 g/mol. The van der Waals surface area contributed by atoms with Crippen molar-refractivity contribution in [1.82, 2.24) is 0 Å². The molecule has 0 saturated carbocycles. The van der Waals surface area contributed by atoms with E-state index in [2.05, 4.69) is 0 Å². The molecule has 0 radical (unpaired) electrons. The number of rotatable bonds is 22. The molecule has 0 amide bonds. The van der Waals surface area contributed by atoms with Gasteiger partial charge < -0.3 is 199 Å². The van der Waals surface area contributed by atoms with Crippen molar-refractivity contribution >= 4 is 0 Å². The highest BCUT2D eigenvalue weighted by Crippen LogP contribution is 2.38. The molecule has 88 heavy (non-hydrogen) atoms. The molecule has 0 spiro atoms. The highest BCUT2D eigenvalue weighted by Gasteiger charge is 2.59. The van der Waals surface area contributed by atoms with Crippen molar-refractivity contribution in [3.8, 4) is 0 Å². The Morgan fingerprint density at radius 1 is 0.216 bits per heavy atom. The van der Waals surface area contributed by atoms with Crippen LogP contribution in [0.15, 0.2) is 0 Å². The van der Waals surface area contributed by atoms with E-state index in [9.17, 15) is 128 Å². The third kappa shape index (κ3) is 14.9. The van der Waals surface area contributed by atoms with Gasteiger partial charge >= 0.3 is 0 Å². The van der Waals surface area contributed by atoms with Gasteiger partial charge in [-0.2, -0.15) is 0 Å². The molecule has 10 unspecified atom stereocenters. The molecule has 40 heteroatoms. The summed E-state index contributed by atoms with van der Waals surface area (Å²) in [7, 11) is 0. The van der Waals surface area contributed by atoms with E-state index in [4.69, 9.17) is 71.1 Å². The van der Waals surface area contributed by atoms with Crippen molar-refractivity contribution in [1.29, 1.82) is 0 Å². The van der Waals surface area contributed by atoms with Crippen LogP contribution in [-0.2, 0) is 71.1 Å². The van der Waals surface area contributed by atoms with Crippen molar-refractivity contribution in [2.75, 3.05) is 52.9 Å². The zero-order valence-corrected chi connectivity index (χ0v) is 46.2. The normalized spacial score (nSPS) is 53.2. The van der Waals surface area contributed by atoms with Crippen molar-refractivity contribution in [3.63, 3.8) is 0 Å². The number of hydrogen-bond donors (Lipinski definition) is 25. The van der Waals surface area contributed by atoms with Crippen molar-refractivity contribution < 1.29 is 199 Å². The van der Waals surface area contributed by atoms with Gasteiger partial charge in [-0.15, -0.1) is 0 Å². The van der Waals surface area contributed by atoms with Gasteiger partial charge in [-0.05, 0) is 0 Å². The standard InChI is InChI=1S/C48H82O40/c49-2-10-1-11(57)19(58)42(74-10)82-35-13(4-51)76-44(28(67)21(35)60)84-37-15(6-53)78-46(30(69)23(37)62)86-39-17(8-55)80-48(32(71)25(39)64)88-40-18(9-56)81-47(33(72)26(40)65)87-38-16(7-54)79-45(31(70)24(38)63)85-36-14(5-52)77-43(29(68)22(36)61)83-34-12(3-50)75-41(73)27(66)20(34)59/h10-73H,1-9H2/t10-,11-,12+,13+,14+,15+,16+,17+,18+,19?,20+,21+,22-,23+,24+,25+,26+,27?,28+,29+,30+,31+,32+,33?,34+,35-,36+,37+,38-,39+,40+,41?,42?,43+,44?,45?,46?,47?,48?/m0/s1. The van der Waals surface area contributed by atoms with Gasteiger partial charge in [0.05, 0.1) is 65.1 Å². The van der Waals surface area contributed by atoms with E-state index in [1.807, 2.05) is 0 Å². The smallest absolute Gasteiger partial charge is 0.187 e. The largest absolute Gasteiger partial charge is 0.394 e. The van der Waals surface area contributed by atoms with Gasteiger partial charge in [0, 0.05) is 6.42 Å². The van der Waals surface area contributed by atoms with E-state index in [1.165, 1.54) is 0 Å². The fraction of sp³-hybridized carbons (Fsp3) is 1.00. The van der Waals surface area contributed by atoms with E-state index in [0.717, 1.165) is 0 Å². The van der Waals surface area contributed by atoms with E-state index >= 15 is 0 Å². The maximum atomic E-state index is 11.4. The van der Waals surface area contributed by atoms with Crippen LogP contribution in [0.3, 0.4) is 0 Å². The van der Waals surface area contributed by atoms with Gasteiger partial charge in [0.15, 0.2) is 50.3 Å². The van der Waals surface area contributed by atoms with Crippen LogP contribution in [-0.4, -0.2) is 420 Å².